The summed E-state index contributed by atoms with van der Waals surface area (Å²) >= 11 is -1.19. The van der Waals surface area contributed by atoms with Crippen molar-refractivity contribution in [1.29, 1.82) is 0 Å². The Morgan fingerprint density at radius 1 is 1.57 bits per heavy atom. The van der Waals surface area contributed by atoms with Gasteiger partial charge in [-0.15, -0.1) is 4.72 Å². The van der Waals surface area contributed by atoms with E-state index in [1.807, 2.05) is 20.8 Å². The Morgan fingerprint density at radius 3 is 2.90 bits per heavy atom. The molecule has 0 radical (unpaired) electrons. The highest BCUT2D eigenvalue weighted by molar-refractivity contribution is 7.90. The molecule has 1 unspecified atom stereocenters. The zero-order valence-corrected chi connectivity index (χ0v) is 13.6. The number of rotatable bonds is 4. The van der Waals surface area contributed by atoms with Crippen molar-refractivity contribution in [2.75, 3.05) is 18.5 Å². The molecule has 2 atom stereocenters. The van der Waals surface area contributed by atoms with Crippen molar-refractivity contribution < 1.29 is 14.1 Å². The van der Waals surface area contributed by atoms with Crippen molar-refractivity contribution in [3.63, 3.8) is 0 Å². The summed E-state index contributed by atoms with van der Waals surface area (Å²) in [6.45, 7) is 8.47. The van der Waals surface area contributed by atoms with E-state index in [-0.39, 0.29) is 16.5 Å². The maximum atomic E-state index is 12.2. The standard InChI is InChI=1S/C13H22N4O3S/c1-5-20-12(18)11-10-9(15-16-11)8(6-7-14-10)17-21(19)13(2,3)4/h8,14,17H,5-7H2,1-4H3,(H,15,16)/t8-,21?/m1/s1. The summed E-state index contributed by atoms with van der Waals surface area (Å²) in [6, 6.07) is -0.128. The molecule has 118 valence electrons. The van der Waals surface area contributed by atoms with Crippen molar-refractivity contribution in [3.8, 4) is 0 Å². The highest BCUT2D eigenvalue weighted by Crippen LogP contribution is 2.32. The van der Waals surface area contributed by atoms with Gasteiger partial charge in [0.25, 0.3) is 0 Å². The molecule has 21 heavy (non-hydrogen) atoms. The fourth-order valence-electron chi connectivity index (χ4n) is 2.04. The molecule has 8 heteroatoms. The lowest BCUT2D eigenvalue weighted by molar-refractivity contribution is 0.0520. The summed E-state index contributed by atoms with van der Waals surface area (Å²) in [4.78, 5) is 11.8. The van der Waals surface area contributed by atoms with E-state index in [9.17, 15) is 9.35 Å². The van der Waals surface area contributed by atoms with E-state index in [1.165, 1.54) is 0 Å². The smallest absolute Gasteiger partial charge is 0.361 e. The first kappa shape index (κ1) is 16.1. The number of hydrogen-bond acceptors (Lipinski definition) is 6. The van der Waals surface area contributed by atoms with Crippen LogP contribution in [-0.2, 0) is 16.1 Å². The van der Waals surface area contributed by atoms with Crippen LogP contribution in [0.1, 0.15) is 56.3 Å². The second kappa shape index (κ2) is 6.25. The molecular formula is C13H22N4O3S. The van der Waals surface area contributed by atoms with Gasteiger partial charge in [-0.05, 0) is 34.1 Å². The Morgan fingerprint density at radius 2 is 2.29 bits per heavy atom. The van der Waals surface area contributed by atoms with Crippen molar-refractivity contribution in [2.45, 2.75) is 44.9 Å². The monoisotopic (exact) mass is 314 g/mol. The van der Waals surface area contributed by atoms with Crippen LogP contribution in [0, 0.1) is 0 Å². The largest absolute Gasteiger partial charge is 0.598 e. The maximum Gasteiger partial charge on any atom is 0.361 e. The molecule has 1 aliphatic rings. The molecular weight excluding hydrogens is 292 g/mol. The molecule has 0 aromatic carbocycles. The van der Waals surface area contributed by atoms with E-state index in [4.69, 9.17) is 4.74 Å². The van der Waals surface area contributed by atoms with Crippen molar-refractivity contribution in [3.05, 3.63) is 11.4 Å². The summed E-state index contributed by atoms with van der Waals surface area (Å²) in [5, 5.41) is 10.1. The van der Waals surface area contributed by atoms with Gasteiger partial charge in [0.2, 0.25) is 0 Å². The molecule has 1 aliphatic heterocycles. The van der Waals surface area contributed by atoms with Crippen LogP contribution in [0.2, 0.25) is 0 Å². The van der Waals surface area contributed by atoms with Gasteiger partial charge in [-0.2, -0.15) is 5.10 Å². The highest BCUT2D eigenvalue weighted by Gasteiger charge is 2.34. The number of anilines is 1. The van der Waals surface area contributed by atoms with Crippen molar-refractivity contribution >= 4 is 23.0 Å². The summed E-state index contributed by atoms with van der Waals surface area (Å²) in [7, 11) is 0. The predicted octanol–water partition coefficient (Wildman–Crippen LogP) is 1.49. The van der Waals surface area contributed by atoms with Gasteiger partial charge >= 0.3 is 5.97 Å². The van der Waals surface area contributed by atoms with Crippen molar-refractivity contribution in [2.24, 2.45) is 0 Å². The number of aromatic nitrogens is 2. The van der Waals surface area contributed by atoms with Gasteiger partial charge in [-0.1, -0.05) is 0 Å². The number of fused-ring (bicyclic) bond motifs is 1. The van der Waals surface area contributed by atoms with Crippen LogP contribution in [0.25, 0.3) is 0 Å². The number of esters is 1. The number of H-pyrrole nitrogens is 1. The number of nitrogens with zero attached hydrogens (tertiary/aromatic N) is 1. The lowest BCUT2D eigenvalue weighted by Gasteiger charge is -2.30. The topological polar surface area (TPSA) is 102 Å². The predicted molar refractivity (Wildman–Crippen MR) is 81.4 cm³/mol. The average Bonchev–Trinajstić information content (AvgIpc) is 2.82. The van der Waals surface area contributed by atoms with E-state index < -0.39 is 17.3 Å². The normalized spacial score (nSPS) is 19.6. The Kier molecular flexibility index (Phi) is 4.80. The molecule has 0 spiro atoms. The molecule has 7 nitrogen and oxygen atoms in total. The average molecular weight is 314 g/mol. The van der Waals surface area contributed by atoms with Gasteiger partial charge in [0, 0.05) is 17.9 Å². The SMILES string of the molecule is CCOC(=O)c1n[nH]c2c1NCC[C@H]2N[S+]([O-])C(C)(C)C. The third-order valence-corrected chi connectivity index (χ3v) is 4.76. The van der Waals surface area contributed by atoms with E-state index >= 15 is 0 Å². The molecule has 0 fully saturated rings. The second-order valence-corrected chi connectivity index (χ2v) is 7.85. The molecule has 2 rings (SSSR count). The fraction of sp³-hybridized carbons (Fsp3) is 0.692. The van der Waals surface area contributed by atoms with Crippen LogP contribution in [0.4, 0.5) is 5.69 Å². The van der Waals surface area contributed by atoms with Gasteiger partial charge in [0.15, 0.2) is 5.69 Å². The minimum Gasteiger partial charge on any atom is -0.598 e. The van der Waals surface area contributed by atoms with Crippen molar-refractivity contribution in [1.82, 2.24) is 14.9 Å². The van der Waals surface area contributed by atoms with Gasteiger partial charge in [0.05, 0.1) is 24.0 Å². The first-order valence-electron chi connectivity index (χ1n) is 7.02. The summed E-state index contributed by atoms with van der Waals surface area (Å²) in [6.07, 6.45) is 0.763. The van der Waals surface area contributed by atoms with Gasteiger partial charge < -0.3 is 14.6 Å². The molecule has 0 saturated heterocycles. The third-order valence-electron chi connectivity index (χ3n) is 3.15. The van der Waals surface area contributed by atoms with Crippen LogP contribution in [0.15, 0.2) is 0 Å². The number of aromatic amines is 1. The van der Waals surface area contributed by atoms with E-state index in [1.54, 1.807) is 6.92 Å². The minimum atomic E-state index is -1.19. The van der Waals surface area contributed by atoms with Gasteiger partial charge in [-0.3, -0.25) is 5.10 Å². The number of carbonyl (C=O) groups excluding carboxylic acids is 1. The van der Waals surface area contributed by atoms with E-state index in [2.05, 4.69) is 20.2 Å². The number of nitrogens with one attached hydrogen (secondary N) is 3. The Bertz CT molecular complexity index is 512. The molecule has 2 heterocycles. The maximum absolute atomic E-state index is 12.2. The summed E-state index contributed by atoms with van der Waals surface area (Å²) in [5.41, 5.74) is 1.64. The molecule has 0 amide bonds. The van der Waals surface area contributed by atoms with Gasteiger partial charge in [0.1, 0.15) is 4.75 Å². The molecule has 0 saturated carbocycles. The molecule has 0 aliphatic carbocycles. The van der Waals surface area contributed by atoms with Crippen LogP contribution >= 0.6 is 0 Å². The molecule has 1 aromatic heterocycles. The molecule has 0 bridgehead atoms. The number of carbonyl (C=O) groups is 1. The lowest BCUT2D eigenvalue weighted by atomic mass is 10.1. The second-order valence-electron chi connectivity index (χ2n) is 5.85. The van der Waals surface area contributed by atoms with Crippen LogP contribution in [-0.4, -0.2) is 38.6 Å². The van der Waals surface area contributed by atoms with E-state index in [0.29, 0.717) is 18.8 Å². The highest BCUT2D eigenvalue weighted by atomic mass is 32.2. The number of ether oxygens (including phenoxy) is 1. The fourth-order valence-corrected chi connectivity index (χ4v) is 2.89. The molecule has 3 N–H and O–H groups in total. The summed E-state index contributed by atoms with van der Waals surface area (Å²) < 4.78 is 20.0. The Balaban J connectivity index is 2.19. The number of hydrogen-bond donors (Lipinski definition) is 3. The van der Waals surface area contributed by atoms with Crippen LogP contribution in [0.5, 0.6) is 0 Å². The van der Waals surface area contributed by atoms with Crippen LogP contribution in [0.3, 0.4) is 0 Å². The first-order chi connectivity index (χ1) is 9.84. The van der Waals surface area contributed by atoms with Crippen LogP contribution < -0.4 is 10.0 Å². The van der Waals surface area contributed by atoms with E-state index in [0.717, 1.165) is 12.1 Å². The summed E-state index contributed by atoms with van der Waals surface area (Å²) in [5.74, 6) is -0.458. The zero-order valence-electron chi connectivity index (χ0n) is 12.8. The first-order valence-corrected chi connectivity index (χ1v) is 8.17. The van der Waals surface area contributed by atoms with Gasteiger partial charge in [-0.25, -0.2) is 4.79 Å². The zero-order chi connectivity index (χ0) is 15.6. The minimum absolute atomic E-state index is 0.128. The lowest BCUT2D eigenvalue weighted by Crippen LogP contribution is -2.42. The third kappa shape index (κ3) is 3.50. The Labute approximate surface area is 127 Å². The Hall–Kier alpha value is -1.25. The molecule has 1 aromatic rings. The quantitative estimate of drug-likeness (QED) is 0.575.